The predicted octanol–water partition coefficient (Wildman–Crippen LogP) is 3.40. The van der Waals surface area contributed by atoms with Crippen molar-refractivity contribution in [3.8, 4) is 0 Å². The standard InChI is InChI=1S/C15H27N3O2/c1-13(2,3)18-10-16-9-11(18)15(7,8)17-12(19)20-14(4,5)6/h9-10H,1-8H3,(H,17,19). The number of alkyl carbamates (subject to hydrolysis) is 1. The summed E-state index contributed by atoms with van der Waals surface area (Å²) in [5, 5.41) is 2.91. The van der Waals surface area contributed by atoms with Gasteiger partial charge in [0.2, 0.25) is 0 Å². The van der Waals surface area contributed by atoms with Crippen LogP contribution in [0.15, 0.2) is 12.5 Å². The van der Waals surface area contributed by atoms with E-state index in [4.69, 9.17) is 4.74 Å². The van der Waals surface area contributed by atoms with Gasteiger partial charge in [-0.15, -0.1) is 0 Å². The summed E-state index contributed by atoms with van der Waals surface area (Å²) in [6, 6.07) is 0. The maximum Gasteiger partial charge on any atom is 0.408 e. The van der Waals surface area contributed by atoms with Gasteiger partial charge in [0, 0.05) is 5.54 Å². The van der Waals surface area contributed by atoms with Crippen LogP contribution in [0.4, 0.5) is 4.79 Å². The summed E-state index contributed by atoms with van der Waals surface area (Å²) in [6.07, 6.45) is 3.14. The number of nitrogens with one attached hydrogen (secondary N) is 1. The summed E-state index contributed by atoms with van der Waals surface area (Å²) in [5.74, 6) is 0. The molecule has 5 nitrogen and oxygen atoms in total. The summed E-state index contributed by atoms with van der Waals surface area (Å²) in [6.45, 7) is 15.7. The summed E-state index contributed by atoms with van der Waals surface area (Å²) in [7, 11) is 0. The first-order valence-electron chi connectivity index (χ1n) is 6.87. The van der Waals surface area contributed by atoms with Crippen LogP contribution in [-0.2, 0) is 15.8 Å². The fraction of sp³-hybridized carbons (Fsp3) is 0.733. The number of nitrogens with zero attached hydrogens (tertiary/aromatic N) is 2. The monoisotopic (exact) mass is 281 g/mol. The number of hydrogen-bond acceptors (Lipinski definition) is 3. The van der Waals surface area contributed by atoms with Gasteiger partial charge in [-0.2, -0.15) is 0 Å². The lowest BCUT2D eigenvalue weighted by Crippen LogP contribution is -2.46. The van der Waals surface area contributed by atoms with Crippen LogP contribution >= 0.6 is 0 Å². The molecule has 114 valence electrons. The van der Waals surface area contributed by atoms with Gasteiger partial charge in [0.15, 0.2) is 0 Å². The van der Waals surface area contributed by atoms with Crippen molar-refractivity contribution in [2.24, 2.45) is 0 Å². The van der Waals surface area contributed by atoms with E-state index in [2.05, 4.69) is 35.6 Å². The minimum Gasteiger partial charge on any atom is -0.444 e. The molecule has 0 fully saturated rings. The molecule has 0 saturated carbocycles. The number of amides is 1. The summed E-state index contributed by atoms with van der Waals surface area (Å²) < 4.78 is 7.38. The predicted molar refractivity (Wildman–Crippen MR) is 79.6 cm³/mol. The molecule has 1 N–H and O–H groups in total. The highest BCUT2D eigenvalue weighted by atomic mass is 16.6. The van der Waals surface area contributed by atoms with E-state index in [1.54, 1.807) is 12.5 Å². The third kappa shape index (κ3) is 4.25. The molecule has 0 aliphatic rings. The van der Waals surface area contributed by atoms with Crippen LogP contribution in [0.2, 0.25) is 0 Å². The number of hydrogen-bond donors (Lipinski definition) is 1. The maximum atomic E-state index is 12.0. The fourth-order valence-electron chi connectivity index (χ4n) is 1.91. The first-order chi connectivity index (χ1) is 8.83. The largest absolute Gasteiger partial charge is 0.444 e. The Morgan fingerprint density at radius 3 is 2.15 bits per heavy atom. The summed E-state index contributed by atoms with van der Waals surface area (Å²) >= 11 is 0. The second-order valence-electron chi connectivity index (χ2n) is 7.57. The number of ether oxygens (including phenoxy) is 1. The van der Waals surface area contributed by atoms with Gasteiger partial charge in [0.05, 0.1) is 23.8 Å². The van der Waals surface area contributed by atoms with Gasteiger partial charge >= 0.3 is 6.09 Å². The topological polar surface area (TPSA) is 56.1 Å². The van der Waals surface area contributed by atoms with E-state index in [0.717, 1.165) is 5.69 Å². The van der Waals surface area contributed by atoms with Gasteiger partial charge in [0.25, 0.3) is 0 Å². The molecule has 0 unspecified atom stereocenters. The van der Waals surface area contributed by atoms with Crippen molar-refractivity contribution < 1.29 is 9.53 Å². The lowest BCUT2D eigenvalue weighted by atomic mass is 9.98. The van der Waals surface area contributed by atoms with Crippen molar-refractivity contribution in [2.45, 2.75) is 72.1 Å². The third-order valence-electron chi connectivity index (χ3n) is 2.82. The van der Waals surface area contributed by atoms with E-state index in [1.807, 2.05) is 34.6 Å². The van der Waals surface area contributed by atoms with Crippen molar-refractivity contribution >= 4 is 6.09 Å². The van der Waals surface area contributed by atoms with E-state index in [1.165, 1.54) is 0 Å². The Bertz CT molecular complexity index is 476. The Kier molecular flexibility index (Phi) is 4.22. The number of carbonyl (C=O) groups excluding carboxylic acids is 1. The van der Waals surface area contributed by atoms with Crippen LogP contribution in [0.1, 0.15) is 61.1 Å². The zero-order valence-corrected chi connectivity index (χ0v) is 13.9. The van der Waals surface area contributed by atoms with Gasteiger partial charge < -0.3 is 14.6 Å². The molecule has 1 aromatic rings. The zero-order chi connectivity index (χ0) is 15.8. The molecule has 1 amide bonds. The highest BCUT2D eigenvalue weighted by Gasteiger charge is 2.31. The zero-order valence-electron chi connectivity index (χ0n) is 13.9. The minimum absolute atomic E-state index is 0.0985. The van der Waals surface area contributed by atoms with Crippen LogP contribution in [0, 0.1) is 0 Å². The van der Waals surface area contributed by atoms with E-state index in [0.29, 0.717) is 0 Å². The molecule has 0 radical (unpaired) electrons. The van der Waals surface area contributed by atoms with Crippen LogP contribution in [-0.4, -0.2) is 21.2 Å². The van der Waals surface area contributed by atoms with Gasteiger partial charge in [-0.1, -0.05) is 0 Å². The van der Waals surface area contributed by atoms with E-state index >= 15 is 0 Å². The molecular weight excluding hydrogens is 254 g/mol. The molecule has 0 saturated heterocycles. The van der Waals surface area contributed by atoms with Gasteiger partial charge in [-0.3, -0.25) is 0 Å². The summed E-state index contributed by atoms with van der Waals surface area (Å²) in [4.78, 5) is 16.2. The lowest BCUT2D eigenvalue weighted by molar-refractivity contribution is 0.0464. The van der Waals surface area contributed by atoms with Crippen molar-refractivity contribution in [2.75, 3.05) is 0 Å². The number of carbonyl (C=O) groups is 1. The smallest absolute Gasteiger partial charge is 0.408 e. The number of rotatable bonds is 2. The molecule has 0 atom stereocenters. The molecule has 1 aromatic heterocycles. The quantitative estimate of drug-likeness (QED) is 0.904. The second-order valence-corrected chi connectivity index (χ2v) is 7.57. The second kappa shape index (κ2) is 5.11. The normalized spacial score (nSPS) is 13.2. The van der Waals surface area contributed by atoms with Crippen LogP contribution < -0.4 is 5.32 Å². The molecule has 1 rings (SSSR count). The van der Waals surface area contributed by atoms with Crippen LogP contribution in [0.3, 0.4) is 0 Å². The highest BCUT2D eigenvalue weighted by Crippen LogP contribution is 2.26. The maximum absolute atomic E-state index is 12.0. The highest BCUT2D eigenvalue weighted by molar-refractivity contribution is 5.68. The Hall–Kier alpha value is -1.52. The number of imidazole rings is 1. The molecule has 0 aliphatic heterocycles. The Morgan fingerprint density at radius 2 is 1.70 bits per heavy atom. The minimum atomic E-state index is -0.563. The van der Waals surface area contributed by atoms with E-state index in [-0.39, 0.29) is 5.54 Å². The molecule has 20 heavy (non-hydrogen) atoms. The summed E-state index contributed by atoms with van der Waals surface area (Å²) in [5.41, 5.74) is -0.231. The third-order valence-corrected chi connectivity index (χ3v) is 2.82. The Morgan fingerprint density at radius 1 is 1.15 bits per heavy atom. The molecule has 0 spiro atoms. The molecular formula is C15H27N3O2. The van der Waals surface area contributed by atoms with Crippen LogP contribution in [0.5, 0.6) is 0 Å². The van der Waals surface area contributed by atoms with Gasteiger partial charge in [-0.05, 0) is 55.4 Å². The molecule has 1 heterocycles. The molecule has 0 bridgehead atoms. The van der Waals surface area contributed by atoms with E-state index in [9.17, 15) is 4.79 Å². The van der Waals surface area contributed by atoms with Crippen molar-refractivity contribution in [1.82, 2.24) is 14.9 Å². The first-order valence-corrected chi connectivity index (χ1v) is 6.87. The fourth-order valence-corrected chi connectivity index (χ4v) is 1.91. The van der Waals surface area contributed by atoms with E-state index < -0.39 is 17.2 Å². The molecule has 0 aromatic carbocycles. The lowest BCUT2D eigenvalue weighted by Gasteiger charge is -2.33. The first kappa shape index (κ1) is 16.5. The van der Waals surface area contributed by atoms with Crippen molar-refractivity contribution in [3.05, 3.63) is 18.2 Å². The van der Waals surface area contributed by atoms with Gasteiger partial charge in [-0.25, -0.2) is 9.78 Å². The molecule has 0 aliphatic carbocycles. The SMILES string of the molecule is CC(C)(C)OC(=O)NC(C)(C)c1cncn1C(C)(C)C. The van der Waals surface area contributed by atoms with Crippen molar-refractivity contribution in [3.63, 3.8) is 0 Å². The van der Waals surface area contributed by atoms with Crippen molar-refractivity contribution in [1.29, 1.82) is 0 Å². The Labute approximate surface area is 121 Å². The van der Waals surface area contributed by atoms with Crippen LogP contribution in [0.25, 0.3) is 0 Å². The Balaban J connectivity index is 2.95. The number of aromatic nitrogens is 2. The molecule has 5 heteroatoms. The van der Waals surface area contributed by atoms with Gasteiger partial charge in [0.1, 0.15) is 5.60 Å². The average Bonchev–Trinajstić information content (AvgIpc) is 2.59. The average molecular weight is 281 g/mol.